The molecule has 3 aromatic rings. The first-order valence-corrected chi connectivity index (χ1v) is 9.37. The van der Waals surface area contributed by atoms with Gasteiger partial charge in [-0.25, -0.2) is 4.57 Å². The van der Waals surface area contributed by atoms with Gasteiger partial charge in [-0.2, -0.15) is 13.3 Å². The number of alkyl halides is 2. The molecule has 0 saturated carbocycles. The molecule has 1 aliphatic rings. The minimum atomic E-state index is -2.39. The topological polar surface area (TPSA) is 18.0 Å². The molecular weight excluding hydrogens is 434 g/mol. The Morgan fingerprint density at radius 1 is 1.07 bits per heavy atom. The highest BCUT2D eigenvalue weighted by Gasteiger charge is 2.29. The molecule has 0 unspecified atom stereocenters. The Morgan fingerprint density at radius 2 is 1.78 bits per heavy atom. The van der Waals surface area contributed by atoms with Crippen molar-refractivity contribution in [1.82, 2.24) is 4.57 Å². The summed E-state index contributed by atoms with van der Waals surface area (Å²) in [6.45, 7) is 0.989. The van der Waals surface area contributed by atoms with Crippen molar-refractivity contribution in [2.24, 2.45) is 0 Å². The van der Waals surface area contributed by atoms with Gasteiger partial charge in [0.15, 0.2) is 5.69 Å². The normalized spacial score (nSPS) is 12.7. The summed E-state index contributed by atoms with van der Waals surface area (Å²) in [7, 11) is 1.66. The molecule has 0 radical (unpaired) electrons. The Bertz CT molecular complexity index is 911. The van der Waals surface area contributed by atoms with Gasteiger partial charge in [0.25, 0.3) is 11.6 Å². The number of thioether (sulfide) groups is 1. The molecule has 0 amide bonds. The Hall–Kier alpha value is -1.86. The number of imidazole rings is 1. The van der Waals surface area contributed by atoms with E-state index in [2.05, 4.69) is 27.5 Å². The molecule has 0 bridgehead atoms. The molecule has 1 aliphatic heterocycles. The van der Waals surface area contributed by atoms with Crippen molar-refractivity contribution in [3.8, 4) is 22.7 Å². The van der Waals surface area contributed by atoms with E-state index in [-0.39, 0.29) is 17.0 Å². The predicted molar refractivity (Wildman–Crippen MR) is 98.1 cm³/mol. The van der Waals surface area contributed by atoms with Gasteiger partial charge >= 0.3 is 0 Å². The molecule has 0 fully saturated rings. The van der Waals surface area contributed by atoms with Crippen molar-refractivity contribution < 1.29 is 35.1 Å². The van der Waals surface area contributed by atoms with E-state index in [1.807, 2.05) is 24.3 Å². The van der Waals surface area contributed by atoms with E-state index in [1.165, 1.54) is 5.82 Å². The number of aromatic nitrogens is 2. The molecule has 0 spiro atoms. The Labute approximate surface area is 171 Å². The lowest BCUT2D eigenvalue weighted by Gasteiger charge is -2.02. The third kappa shape index (κ3) is 4.04. The third-order valence-corrected chi connectivity index (χ3v) is 5.36. The van der Waals surface area contributed by atoms with Crippen LogP contribution in [0.4, 0.5) is 8.78 Å². The van der Waals surface area contributed by atoms with Crippen molar-refractivity contribution in [3.63, 3.8) is 0 Å². The van der Waals surface area contributed by atoms with Crippen LogP contribution in [0.2, 0.25) is 0 Å². The number of halogens is 3. The average Bonchev–Trinajstić information content (AvgIpc) is 3.25. The van der Waals surface area contributed by atoms with E-state index in [0.29, 0.717) is 16.7 Å². The highest BCUT2D eigenvalue weighted by molar-refractivity contribution is 7.99. The minimum absolute atomic E-state index is 0. The first-order chi connectivity index (χ1) is 12.7. The van der Waals surface area contributed by atoms with Crippen LogP contribution in [0.1, 0.15) is 12.2 Å². The number of hydrogen-bond acceptors (Lipinski definition) is 2. The molecule has 7 heteroatoms. The largest absolute Gasteiger partial charge is 1.00 e. The lowest BCUT2D eigenvalue weighted by molar-refractivity contribution is -0.679. The van der Waals surface area contributed by atoms with E-state index in [9.17, 15) is 8.78 Å². The molecule has 2 aromatic carbocycles. The fourth-order valence-electron chi connectivity index (χ4n) is 3.44. The summed E-state index contributed by atoms with van der Waals surface area (Å²) >= 11 is 0.574. The molecule has 0 aliphatic carbocycles. The van der Waals surface area contributed by atoms with Gasteiger partial charge in [-0.15, -0.1) is 0 Å². The molecule has 4 rings (SSSR count). The van der Waals surface area contributed by atoms with Gasteiger partial charge in [0.2, 0.25) is 0 Å². The maximum absolute atomic E-state index is 12.5. The smallest absolute Gasteiger partial charge is 0.288 e. The summed E-state index contributed by atoms with van der Waals surface area (Å²) < 4.78 is 34.8. The fourth-order valence-corrected chi connectivity index (χ4v) is 3.94. The Balaban J connectivity index is 0.00000210. The van der Waals surface area contributed by atoms with E-state index in [0.717, 1.165) is 42.1 Å². The molecule has 0 N–H and O–H groups in total. The summed E-state index contributed by atoms with van der Waals surface area (Å²) in [6, 6.07) is 15.4. The van der Waals surface area contributed by atoms with Gasteiger partial charge < -0.3 is 21.7 Å². The fraction of sp³-hybridized carbons (Fsp3) is 0.250. The quantitative estimate of drug-likeness (QED) is 0.433. The maximum atomic E-state index is 12.5. The summed E-state index contributed by atoms with van der Waals surface area (Å²) in [5.41, 5.74) is 3.29. The van der Waals surface area contributed by atoms with Crippen molar-refractivity contribution in [2.75, 3.05) is 7.11 Å². The molecule has 27 heavy (non-hydrogen) atoms. The standard InChI is InChI=1S/C20H19F2N2OS.BrH/c1-25-16-8-4-14(5-9-16)18-13-24(19-3-2-12-23(18)19)15-6-10-17(11-7-15)26-20(21)22;/h4-11,13,20H,2-3,12H2,1H3;1H/q+1;/p-1. The first-order valence-electron chi connectivity index (χ1n) is 8.49. The molecule has 1 aromatic heterocycles. The minimum Gasteiger partial charge on any atom is -1.00 e. The number of fused-ring (bicyclic) bond motifs is 1. The van der Waals surface area contributed by atoms with Crippen molar-refractivity contribution in [2.45, 2.75) is 30.0 Å². The first kappa shape index (κ1) is 19.9. The molecular formula is C20H19BrF2N2OS. The van der Waals surface area contributed by atoms with Crippen LogP contribution in [-0.2, 0) is 13.0 Å². The highest BCUT2D eigenvalue weighted by atomic mass is 79.9. The summed E-state index contributed by atoms with van der Waals surface area (Å²) in [6.07, 6.45) is 4.24. The van der Waals surface area contributed by atoms with E-state index < -0.39 is 5.76 Å². The van der Waals surface area contributed by atoms with Crippen molar-refractivity contribution >= 4 is 11.8 Å². The molecule has 3 nitrogen and oxygen atoms in total. The van der Waals surface area contributed by atoms with Gasteiger partial charge in [-0.3, -0.25) is 0 Å². The number of rotatable bonds is 5. The van der Waals surface area contributed by atoms with Crippen molar-refractivity contribution in [1.29, 1.82) is 0 Å². The zero-order valence-electron chi connectivity index (χ0n) is 14.7. The van der Waals surface area contributed by atoms with Gasteiger partial charge in [0.1, 0.15) is 17.6 Å². The second kappa shape index (κ2) is 8.44. The lowest BCUT2D eigenvalue weighted by atomic mass is 10.1. The number of nitrogens with zero attached hydrogens (tertiary/aromatic N) is 2. The van der Waals surface area contributed by atoms with Gasteiger partial charge in [-0.05, 0) is 55.0 Å². The zero-order valence-corrected chi connectivity index (χ0v) is 17.1. The Morgan fingerprint density at radius 3 is 2.41 bits per heavy atom. The maximum Gasteiger partial charge on any atom is 0.288 e. The Kier molecular flexibility index (Phi) is 6.22. The van der Waals surface area contributed by atoms with Gasteiger partial charge in [-0.1, -0.05) is 11.8 Å². The monoisotopic (exact) mass is 452 g/mol. The molecule has 2 heterocycles. The third-order valence-electron chi connectivity index (χ3n) is 4.64. The summed E-state index contributed by atoms with van der Waals surface area (Å²) in [5.74, 6) is -0.319. The summed E-state index contributed by atoms with van der Waals surface area (Å²) in [4.78, 5) is 0.579. The van der Waals surface area contributed by atoms with Crippen LogP contribution in [-0.4, -0.2) is 17.4 Å². The summed E-state index contributed by atoms with van der Waals surface area (Å²) in [5, 5.41) is 0. The second-order valence-corrected chi connectivity index (χ2v) is 7.22. The van der Waals surface area contributed by atoms with Crippen LogP contribution in [0, 0.1) is 0 Å². The number of hydrogen-bond donors (Lipinski definition) is 0. The van der Waals surface area contributed by atoms with E-state index >= 15 is 0 Å². The van der Waals surface area contributed by atoms with Crippen LogP contribution in [0.25, 0.3) is 16.9 Å². The van der Waals surface area contributed by atoms with Crippen LogP contribution in [0.5, 0.6) is 5.75 Å². The van der Waals surface area contributed by atoms with E-state index in [4.69, 9.17) is 4.74 Å². The van der Waals surface area contributed by atoms with Gasteiger partial charge in [0, 0.05) is 10.5 Å². The zero-order chi connectivity index (χ0) is 18.1. The second-order valence-electron chi connectivity index (χ2n) is 6.16. The highest BCUT2D eigenvalue weighted by Crippen LogP contribution is 2.28. The lowest BCUT2D eigenvalue weighted by Crippen LogP contribution is -3.00. The predicted octanol–water partition coefficient (Wildman–Crippen LogP) is 1.71. The van der Waals surface area contributed by atoms with Gasteiger partial charge in [0.05, 0.1) is 20.1 Å². The van der Waals surface area contributed by atoms with Crippen LogP contribution < -0.4 is 26.3 Å². The average molecular weight is 453 g/mol. The van der Waals surface area contributed by atoms with Crippen LogP contribution in [0.15, 0.2) is 59.6 Å². The SMILES string of the molecule is COc1ccc(-c2cn(-c3ccc(SC(F)F)cc3)c3[n+]2CCC3)cc1.[Br-]. The van der Waals surface area contributed by atoms with E-state index in [1.54, 1.807) is 19.2 Å². The molecule has 142 valence electrons. The number of ether oxygens (including phenoxy) is 1. The molecule has 0 saturated heterocycles. The van der Waals surface area contributed by atoms with Crippen LogP contribution >= 0.6 is 11.8 Å². The number of methoxy groups -OCH3 is 1. The molecule has 0 atom stereocenters. The van der Waals surface area contributed by atoms with Crippen LogP contribution in [0.3, 0.4) is 0 Å². The van der Waals surface area contributed by atoms with Crippen molar-refractivity contribution in [3.05, 3.63) is 60.6 Å². The number of benzene rings is 2.